The number of nitrogens with one attached hydrogen (secondary N) is 1. The molecule has 0 aliphatic heterocycles. The van der Waals surface area contributed by atoms with Crippen molar-refractivity contribution in [2.75, 3.05) is 20.6 Å². The number of nitrogens with zero attached hydrogens (tertiary/aromatic N) is 1. The van der Waals surface area contributed by atoms with Crippen LogP contribution in [0.15, 0.2) is 54.6 Å². The van der Waals surface area contributed by atoms with Crippen LogP contribution in [0.1, 0.15) is 55.2 Å². The normalized spacial score (nSPS) is 22.6. The van der Waals surface area contributed by atoms with Gasteiger partial charge in [-0.05, 0) is 68.8 Å². The van der Waals surface area contributed by atoms with Gasteiger partial charge in [0.1, 0.15) is 0 Å². The second-order valence-corrected chi connectivity index (χ2v) is 8.00. The predicted molar refractivity (Wildman–Crippen MR) is 112 cm³/mol. The molecule has 0 bridgehead atoms. The van der Waals surface area contributed by atoms with Crippen molar-refractivity contribution >= 4 is 5.91 Å². The van der Waals surface area contributed by atoms with Gasteiger partial charge in [-0.1, -0.05) is 54.6 Å². The molecule has 1 aliphatic carbocycles. The molecule has 1 amide bonds. The summed E-state index contributed by atoms with van der Waals surface area (Å²) in [5, 5.41) is 2.93. The molecular formula is C24H32N2O. The van der Waals surface area contributed by atoms with E-state index in [0.717, 1.165) is 6.42 Å². The SMILES string of the molecule is CC(=O)NCCc1ccccc1C1CCC(c2ccccc2)(N(C)C)CC1. The standard InChI is InChI=1S/C24H32N2O/c1-19(27)25-18-15-20-9-7-8-12-23(20)21-13-16-24(17-14-21,26(2)3)22-10-5-4-6-11-22/h4-12,21H,13-18H2,1-3H3,(H,25,27). The minimum Gasteiger partial charge on any atom is -0.356 e. The molecule has 0 spiro atoms. The third kappa shape index (κ3) is 4.41. The van der Waals surface area contributed by atoms with Gasteiger partial charge in [0.2, 0.25) is 5.91 Å². The van der Waals surface area contributed by atoms with E-state index in [1.54, 1.807) is 6.92 Å². The molecule has 1 saturated carbocycles. The third-order valence-corrected chi connectivity index (χ3v) is 6.24. The zero-order chi connectivity index (χ0) is 19.3. The summed E-state index contributed by atoms with van der Waals surface area (Å²) in [5.41, 5.74) is 4.44. The molecule has 0 radical (unpaired) electrons. The van der Waals surface area contributed by atoms with Gasteiger partial charge >= 0.3 is 0 Å². The molecular weight excluding hydrogens is 332 g/mol. The van der Waals surface area contributed by atoms with Gasteiger partial charge in [0.25, 0.3) is 0 Å². The van der Waals surface area contributed by atoms with E-state index in [2.05, 4.69) is 78.9 Å². The zero-order valence-corrected chi connectivity index (χ0v) is 16.9. The lowest BCUT2D eigenvalue weighted by atomic mass is 9.69. The van der Waals surface area contributed by atoms with Gasteiger partial charge in [-0.3, -0.25) is 9.69 Å². The Morgan fingerprint density at radius 1 is 1.04 bits per heavy atom. The molecule has 1 fully saturated rings. The molecule has 0 aromatic heterocycles. The van der Waals surface area contributed by atoms with Crippen LogP contribution < -0.4 is 5.32 Å². The van der Waals surface area contributed by atoms with Crippen LogP contribution in [0.4, 0.5) is 0 Å². The van der Waals surface area contributed by atoms with Crippen LogP contribution in [0.25, 0.3) is 0 Å². The zero-order valence-electron chi connectivity index (χ0n) is 16.9. The number of carbonyl (C=O) groups is 1. The largest absolute Gasteiger partial charge is 0.356 e. The minimum atomic E-state index is 0.0452. The van der Waals surface area contributed by atoms with Gasteiger partial charge in [0.05, 0.1) is 0 Å². The lowest BCUT2D eigenvalue weighted by Gasteiger charge is -2.46. The number of hydrogen-bond donors (Lipinski definition) is 1. The maximum absolute atomic E-state index is 11.2. The number of carbonyl (C=O) groups excluding carboxylic acids is 1. The van der Waals surface area contributed by atoms with E-state index in [1.165, 1.54) is 42.4 Å². The first kappa shape index (κ1) is 19.6. The van der Waals surface area contributed by atoms with Gasteiger partial charge in [-0.25, -0.2) is 0 Å². The average Bonchev–Trinajstić information content (AvgIpc) is 2.69. The Labute approximate surface area is 163 Å². The van der Waals surface area contributed by atoms with Gasteiger partial charge in [0.15, 0.2) is 0 Å². The maximum atomic E-state index is 11.2. The highest BCUT2D eigenvalue weighted by Crippen LogP contribution is 2.46. The molecule has 27 heavy (non-hydrogen) atoms. The summed E-state index contributed by atoms with van der Waals surface area (Å²) in [7, 11) is 4.43. The van der Waals surface area contributed by atoms with Gasteiger partial charge in [0, 0.05) is 19.0 Å². The highest BCUT2D eigenvalue weighted by atomic mass is 16.1. The summed E-state index contributed by atoms with van der Waals surface area (Å²) in [4.78, 5) is 13.6. The molecule has 3 heteroatoms. The van der Waals surface area contributed by atoms with E-state index in [1.807, 2.05) is 0 Å². The molecule has 3 rings (SSSR count). The summed E-state index contributed by atoms with van der Waals surface area (Å²) >= 11 is 0. The topological polar surface area (TPSA) is 32.3 Å². The van der Waals surface area contributed by atoms with E-state index in [9.17, 15) is 4.79 Å². The Morgan fingerprint density at radius 3 is 2.30 bits per heavy atom. The number of rotatable bonds is 6. The van der Waals surface area contributed by atoms with Gasteiger partial charge < -0.3 is 5.32 Å². The van der Waals surface area contributed by atoms with Crippen molar-refractivity contribution in [2.24, 2.45) is 0 Å². The lowest BCUT2D eigenvalue weighted by molar-refractivity contribution is -0.118. The van der Waals surface area contributed by atoms with Crippen molar-refractivity contribution in [1.82, 2.24) is 10.2 Å². The van der Waals surface area contributed by atoms with Crippen molar-refractivity contribution < 1.29 is 4.79 Å². The van der Waals surface area contributed by atoms with Crippen molar-refractivity contribution in [2.45, 2.75) is 50.5 Å². The Hall–Kier alpha value is -2.13. The molecule has 0 unspecified atom stereocenters. The monoisotopic (exact) mass is 364 g/mol. The van der Waals surface area contributed by atoms with Gasteiger partial charge in [-0.2, -0.15) is 0 Å². The maximum Gasteiger partial charge on any atom is 0.216 e. The first-order chi connectivity index (χ1) is 13.0. The van der Waals surface area contributed by atoms with Crippen molar-refractivity contribution in [3.8, 4) is 0 Å². The third-order valence-electron chi connectivity index (χ3n) is 6.24. The van der Waals surface area contributed by atoms with E-state index in [-0.39, 0.29) is 11.4 Å². The molecule has 3 nitrogen and oxygen atoms in total. The molecule has 2 aromatic rings. The average molecular weight is 365 g/mol. The fourth-order valence-electron chi connectivity index (χ4n) is 4.68. The molecule has 0 saturated heterocycles. The fraction of sp³-hybridized carbons (Fsp3) is 0.458. The molecule has 144 valence electrons. The van der Waals surface area contributed by atoms with Gasteiger partial charge in [-0.15, -0.1) is 0 Å². The van der Waals surface area contributed by atoms with Crippen LogP contribution in [-0.4, -0.2) is 31.4 Å². The van der Waals surface area contributed by atoms with Crippen LogP contribution in [0.5, 0.6) is 0 Å². The predicted octanol–water partition coefficient (Wildman–Crippen LogP) is 4.48. The molecule has 0 atom stereocenters. The van der Waals surface area contributed by atoms with Crippen molar-refractivity contribution in [1.29, 1.82) is 0 Å². The summed E-state index contributed by atoms with van der Waals surface area (Å²) < 4.78 is 0. The second kappa shape index (κ2) is 8.71. The van der Waals surface area contributed by atoms with Crippen LogP contribution in [-0.2, 0) is 16.8 Å². The van der Waals surface area contributed by atoms with Crippen molar-refractivity contribution in [3.63, 3.8) is 0 Å². The Balaban J connectivity index is 1.74. The summed E-state index contributed by atoms with van der Waals surface area (Å²) in [5.74, 6) is 0.652. The quantitative estimate of drug-likeness (QED) is 0.820. The second-order valence-electron chi connectivity index (χ2n) is 8.00. The Morgan fingerprint density at radius 2 is 1.67 bits per heavy atom. The van der Waals surface area contributed by atoms with E-state index in [4.69, 9.17) is 0 Å². The Bertz CT molecular complexity index is 746. The minimum absolute atomic E-state index is 0.0452. The fourth-order valence-corrected chi connectivity index (χ4v) is 4.68. The first-order valence-electron chi connectivity index (χ1n) is 10.1. The number of benzene rings is 2. The highest BCUT2D eigenvalue weighted by Gasteiger charge is 2.39. The Kier molecular flexibility index (Phi) is 6.33. The summed E-state index contributed by atoms with van der Waals surface area (Å²) in [6, 6.07) is 19.8. The summed E-state index contributed by atoms with van der Waals surface area (Å²) in [6.07, 6.45) is 5.65. The van der Waals surface area contributed by atoms with E-state index in [0.29, 0.717) is 12.5 Å². The smallest absolute Gasteiger partial charge is 0.216 e. The highest BCUT2D eigenvalue weighted by molar-refractivity contribution is 5.72. The first-order valence-corrected chi connectivity index (χ1v) is 10.1. The lowest BCUT2D eigenvalue weighted by Crippen LogP contribution is -2.44. The van der Waals surface area contributed by atoms with Crippen LogP contribution in [0.2, 0.25) is 0 Å². The number of amides is 1. The molecule has 1 aliphatic rings. The molecule has 0 heterocycles. The van der Waals surface area contributed by atoms with Crippen LogP contribution in [0, 0.1) is 0 Å². The van der Waals surface area contributed by atoms with E-state index < -0.39 is 0 Å². The summed E-state index contributed by atoms with van der Waals surface area (Å²) in [6.45, 7) is 2.29. The van der Waals surface area contributed by atoms with E-state index >= 15 is 0 Å². The number of hydrogen-bond acceptors (Lipinski definition) is 2. The van der Waals surface area contributed by atoms with Crippen LogP contribution >= 0.6 is 0 Å². The molecule has 1 N–H and O–H groups in total. The van der Waals surface area contributed by atoms with Crippen molar-refractivity contribution in [3.05, 3.63) is 71.3 Å². The van der Waals surface area contributed by atoms with Crippen LogP contribution in [0.3, 0.4) is 0 Å². The molecule has 2 aromatic carbocycles.